The fourth-order valence-corrected chi connectivity index (χ4v) is 1.58. The number of methoxy groups -OCH3 is 1. The van der Waals surface area contributed by atoms with Crippen LogP contribution < -0.4 is 5.73 Å². The van der Waals surface area contributed by atoms with Crippen LogP contribution in [0.15, 0.2) is 24.3 Å². The van der Waals surface area contributed by atoms with Crippen LogP contribution in [0.5, 0.6) is 0 Å². The molecule has 0 aromatic heterocycles. The number of ether oxygens (including phenoxy) is 1. The summed E-state index contributed by atoms with van der Waals surface area (Å²) in [4.78, 5) is 11.0. The maximum absolute atomic E-state index is 11.0. The lowest BCUT2D eigenvalue weighted by Gasteiger charge is -2.10. The number of esters is 1. The van der Waals surface area contributed by atoms with E-state index < -0.39 is 0 Å². The monoisotopic (exact) mass is 221 g/mol. The molecule has 1 aromatic carbocycles. The molecule has 1 aromatic rings. The Morgan fingerprint density at radius 2 is 1.88 bits per heavy atom. The fraction of sp³-hybridized carbons (Fsp3) is 0.462. The summed E-state index contributed by atoms with van der Waals surface area (Å²) in [5.41, 5.74) is 8.32. The number of rotatable bonds is 5. The topological polar surface area (TPSA) is 52.3 Å². The minimum atomic E-state index is -0.252. The highest BCUT2D eigenvalue weighted by atomic mass is 16.5. The number of nitrogens with two attached hydrogens (primary N) is 1. The Labute approximate surface area is 96.6 Å². The third kappa shape index (κ3) is 4.03. The average molecular weight is 221 g/mol. The highest BCUT2D eigenvalue weighted by molar-refractivity contribution is 5.69. The van der Waals surface area contributed by atoms with Gasteiger partial charge in [-0.25, -0.2) is 0 Å². The smallest absolute Gasteiger partial charge is 0.307 e. The van der Waals surface area contributed by atoms with Crippen LogP contribution in [-0.2, 0) is 22.4 Å². The predicted molar refractivity (Wildman–Crippen MR) is 64.1 cm³/mol. The van der Waals surface area contributed by atoms with Crippen molar-refractivity contribution < 1.29 is 9.53 Å². The van der Waals surface area contributed by atoms with Gasteiger partial charge >= 0.3 is 5.97 Å². The van der Waals surface area contributed by atoms with Gasteiger partial charge in [0.05, 0.1) is 13.5 Å². The first-order valence-corrected chi connectivity index (χ1v) is 5.56. The van der Waals surface area contributed by atoms with E-state index >= 15 is 0 Å². The van der Waals surface area contributed by atoms with Gasteiger partial charge in [0.25, 0.3) is 0 Å². The van der Waals surface area contributed by atoms with E-state index in [1.165, 1.54) is 12.7 Å². The molecule has 0 saturated heterocycles. The van der Waals surface area contributed by atoms with Gasteiger partial charge < -0.3 is 10.5 Å². The third-order valence-corrected chi connectivity index (χ3v) is 2.59. The molecule has 0 fully saturated rings. The first-order valence-electron chi connectivity index (χ1n) is 5.56. The predicted octanol–water partition coefficient (Wildman–Crippen LogP) is 1.68. The molecular formula is C13H19NO2. The van der Waals surface area contributed by atoms with Crippen molar-refractivity contribution in [2.75, 3.05) is 7.11 Å². The Kier molecular flexibility index (Phi) is 4.99. The van der Waals surface area contributed by atoms with Crippen LogP contribution in [0.25, 0.3) is 0 Å². The van der Waals surface area contributed by atoms with Crippen molar-refractivity contribution in [1.29, 1.82) is 0 Å². The summed E-state index contributed by atoms with van der Waals surface area (Å²) in [5, 5.41) is 0. The number of benzene rings is 1. The van der Waals surface area contributed by atoms with E-state index in [1.54, 1.807) is 0 Å². The van der Waals surface area contributed by atoms with Crippen LogP contribution in [0.4, 0.5) is 0 Å². The van der Waals surface area contributed by atoms with E-state index in [0.29, 0.717) is 6.42 Å². The quantitative estimate of drug-likeness (QED) is 0.770. The molecule has 0 aliphatic rings. The molecule has 1 unspecified atom stereocenters. The van der Waals surface area contributed by atoms with Gasteiger partial charge in [-0.15, -0.1) is 0 Å². The number of hydrogen-bond donors (Lipinski definition) is 1. The van der Waals surface area contributed by atoms with Crippen molar-refractivity contribution in [1.82, 2.24) is 0 Å². The molecule has 3 heteroatoms. The second-order valence-electron chi connectivity index (χ2n) is 3.91. The van der Waals surface area contributed by atoms with Crippen LogP contribution in [0, 0.1) is 0 Å². The molecule has 16 heavy (non-hydrogen) atoms. The standard InChI is InChI=1S/C13H19NO2/c1-3-10-4-6-11(7-5-10)8-12(14)9-13(15)16-2/h4-7,12H,3,8-9,14H2,1-2H3. The summed E-state index contributed by atoms with van der Waals surface area (Å²) in [5.74, 6) is -0.252. The van der Waals surface area contributed by atoms with Crippen molar-refractivity contribution in [2.24, 2.45) is 5.73 Å². The largest absolute Gasteiger partial charge is 0.469 e. The van der Waals surface area contributed by atoms with Crippen LogP contribution >= 0.6 is 0 Å². The second kappa shape index (κ2) is 6.28. The molecule has 0 bridgehead atoms. The Balaban J connectivity index is 2.49. The molecule has 3 nitrogen and oxygen atoms in total. The summed E-state index contributed by atoms with van der Waals surface area (Å²) in [6.07, 6.45) is 2.01. The summed E-state index contributed by atoms with van der Waals surface area (Å²) in [6.45, 7) is 2.12. The number of carbonyl (C=O) groups is 1. The summed E-state index contributed by atoms with van der Waals surface area (Å²) >= 11 is 0. The lowest BCUT2D eigenvalue weighted by molar-refractivity contribution is -0.140. The van der Waals surface area contributed by atoms with Crippen molar-refractivity contribution in [3.8, 4) is 0 Å². The molecule has 0 saturated carbocycles. The Hall–Kier alpha value is -1.35. The highest BCUT2D eigenvalue weighted by Crippen LogP contribution is 2.08. The normalized spacial score (nSPS) is 12.2. The fourth-order valence-electron chi connectivity index (χ4n) is 1.58. The molecule has 0 radical (unpaired) electrons. The van der Waals surface area contributed by atoms with E-state index in [2.05, 4.69) is 35.9 Å². The molecule has 0 aliphatic carbocycles. The molecule has 2 N–H and O–H groups in total. The zero-order valence-electron chi connectivity index (χ0n) is 9.90. The number of hydrogen-bond acceptors (Lipinski definition) is 3. The van der Waals surface area contributed by atoms with Gasteiger partial charge in [-0.3, -0.25) is 4.79 Å². The zero-order valence-corrected chi connectivity index (χ0v) is 9.90. The van der Waals surface area contributed by atoms with Crippen LogP contribution in [0.1, 0.15) is 24.5 Å². The van der Waals surface area contributed by atoms with Gasteiger partial charge in [0.15, 0.2) is 0 Å². The summed E-state index contributed by atoms with van der Waals surface area (Å²) in [6, 6.07) is 8.16. The minimum Gasteiger partial charge on any atom is -0.469 e. The minimum absolute atomic E-state index is 0.167. The van der Waals surface area contributed by atoms with Crippen LogP contribution in [0.3, 0.4) is 0 Å². The SMILES string of the molecule is CCc1ccc(CC(N)CC(=O)OC)cc1. The molecular weight excluding hydrogens is 202 g/mol. The van der Waals surface area contributed by atoms with Crippen LogP contribution in [-0.4, -0.2) is 19.1 Å². The molecule has 1 atom stereocenters. The van der Waals surface area contributed by atoms with Crippen molar-refractivity contribution in [3.05, 3.63) is 35.4 Å². The summed E-state index contributed by atoms with van der Waals surface area (Å²) < 4.78 is 4.58. The Bertz CT molecular complexity index is 332. The van der Waals surface area contributed by atoms with Gasteiger partial charge in [-0.05, 0) is 24.0 Å². The average Bonchev–Trinajstić information content (AvgIpc) is 2.29. The molecule has 0 spiro atoms. The van der Waals surface area contributed by atoms with Gasteiger partial charge in [0.1, 0.15) is 0 Å². The highest BCUT2D eigenvalue weighted by Gasteiger charge is 2.10. The van der Waals surface area contributed by atoms with E-state index in [0.717, 1.165) is 12.0 Å². The van der Waals surface area contributed by atoms with Crippen molar-refractivity contribution in [2.45, 2.75) is 32.2 Å². The second-order valence-corrected chi connectivity index (χ2v) is 3.91. The first kappa shape index (κ1) is 12.7. The molecule has 88 valence electrons. The first-order chi connectivity index (χ1) is 7.65. The van der Waals surface area contributed by atoms with E-state index in [1.807, 2.05) is 0 Å². The van der Waals surface area contributed by atoms with E-state index in [9.17, 15) is 4.79 Å². The third-order valence-electron chi connectivity index (χ3n) is 2.59. The lowest BCUT2D eigenvalue weighted by Crippen LogP contribution is -2.26. The van der Waals surface area contributed by atoms with Gasteiger partial charge in [-0.2, -0.15) is 0 Å². The summed E-state index contributed by atoms with van der Waals surface area (Å²) in [7, 11) is 1.38. The zero-order chi connectivity index (χ0) is 12.0. The molecule has 1 rings (SSSR count). The van der Waals surface area contributed by atoms with Gasteiger partial charge in [0.2, 0.25) is 0 Å². The van der Waals surface area contributed by atoms with E-state index in [-0.39, 0.29) is 18.4 Å². The van der Waals surface area contributed by atoms with Crippen molar-refractivity contribution >= 4 is 5.97 Å². The number of carbonyl (C=O) groups excluding carboxylic acids is 1. The van der Waals surface area contributed by atoms with Gasteiger partial charge in [-0.1, -0.05) is 31.2 Å². The maximum atomic E-state index is 11.0. The van der Waals surface area contributed by atoms with E-state index in [4.69, 9.17) is 5.73 Å². The molecule has 0 heterocycles. The molecule has 0 amide bonds. The van der Waals surface area contributed by atoms with Crippen LogP contribution in [0.2, 0.25) is 0 Å². The lowest BCUT2D eigenvalue weighted by atomic mass is 10.0. The van der Waals surface area contributed by atoms with Gasteiger partial charge in [0, 0.05) is 6.04 Å². The Morgan fingerprint density at radius 1 is 1.31 bits per heavy atom. The number of aryl methyl sites for hydroxylation is 1. The van der Waals surface area contributed by atoms with Crippen molar-refractivity contribution in [3.63, 3.8) is 0 Å². The maximum Gasteiger partial charge on any atom is 0.307 e. The Morgan fingerprint density at radius 3 is 2.38 bits per heavy atom. The molecule has 0 aliphatic heterocycles.